The summed E-state index contributed by atoms with van der Waals surface area (Å²) in [5, 5.41) is 7.73. The normalized spacial score (nSPS) is 11.7. The minimum Gasteiger partial charge on any atom is -0.382 e. The Kier molecular flexibility index (Phi) is 5.07. The summed E-state index contributed by atoms with van der Waals surface area (Å²) in [4.78, 5) is 15.1. The van der Waals surface area contributed by atoms with Crippen molar-refractivity contribution in [3.63, 3.8) is 0 Å². The van der Waals surface area contributed by atoms with Gasteiger partial charge in [-0.2, -0.15) is 0 Å². The van der Waals surface area contributed by atoms with Gasteiger partial charge in [-0.05, 0) is 51.4 Å². The van der Waals surface area contributed by atoms with Crippen LogP contribution in [0.15, 0.2) is 37.3 Å². The fraction of sp³-hybridized carbons (Fsp3) is 0.167. The van der Waals surface area contributed by atoms with E-state index in [4.69, 9.17) is 5.73 Å². The molecule has 0 atom stereocenters. The molecule has 0 aliphatic rings. The van der Waals surface area contributed by atoms with Crippen LogP contribution >= 0.6 is 27.7 Å². The van der Waals surface area contributed by atoms with Gasteiger partial charge in [0.15, 0.2) is 16.6 Å². The Bertz CT molecular complexity index is 704. The van der Waals surface area contributed by atoms with Crippen LogP contribution in [0.3, 0.4) is 0 Å². The van der Waals surface area contributed by atoms with Crippen LogP contribution in [0, 0.1) is 5.82 Å². The van der Waals surface area contributed by atoms with Crippen molar-refractivity contribution in [1.29, 1.82) is 0 Å². The molecule has 0 spiro atoms. The molecule has 0 unspecified atom stereocenters. The van der Waals surface area contributed by atoms with Crippen LogP contribution in [0.25, 0.3) is 0 Å². The Morgan fingerprint density at radius 3 is 2.95 bits per heavy atom. The summed E-state index contributed by atoms with van der Waals surface area (Å²) in [7, 11) is 0. The van der Waals surface area contributed by atoms with Crippen LogP contribution in [-0.4, -0.2) is 27.7 Å². The Labute approximate surface area is 132 Å². The van der Waals surface area contributed by atoms with Gasteiger partial charge in [0.2, 0.25) is 0 Å². The van der Waals surface area contributed by atoms with Crippen LogP contribution < -0.4 is 5.73 Å². The van der Waals surface area contributed by atoms with Crippen LogP contribution in [0.4, 0.5) is 10.1 Å². The number of aliphatic imine (C=N–C) groups is 1. The summed E-state index contributed by atoms with van der Waals surface area (Å²) >= 11 is 4.23. The molecule has 1 heterocycles. The number of carbonyl (C=O) groups is 1. The number of Topliss-reactive ketones (excluding diaryl/α,β-unsaturated/α-hetero) is 1. The number of nitrogens with zero attached hydrogens (tertiary/aromatic N) is 3. The topological polar surface area (TPSA) is 94.4 Å². The summed E-state index contributed by atoms with van der Waals surface area (Å²) < 4.78 is 18.0. The number of amidine groups is 1. The number of hydrogen-bond donors (Lipinski definition) is 1. The maximum absolute atomic E-state index is 13.2. The molecule has 1 aromatic carbocycles. The molecule has 0 bridgehead atoms. The van der Waals surface area contributed by atoms with Crippen molar-refractivity contribution < 1.29 is 13.8 Å². The number of carbonyl (C=O) groups excluding carboxylic acids is 1. The van der Waals surface area contributed by atoms with E-state index in [1.165, 1.54) is 25.1 Å². The van der Waals surface area contributed by atoms with Crippen molar-refractivity contribution in [1.82, 2.24) is 10.3 Å². The summed E-state index contributed by atoms with van der Waals surface area (Å²) in [6, 6.07) is 4.23. The number of thioether (sulfide) groups is 1. The second-order valence-electron chi connectivity index (χ2n) is 4.00. The minimum atomic E-state index is -0.395. The number of aromatic nitrogens is 2. The molecule has 6 nitrogen and oxygen atoms in total. The zero-order valence-electron chi connectivity index (χ0n) is 10.8. The smallest absolute Gasteiger partial charge is 0.183 e. The molecule has 0 amide bonds. The summed E-state index contributed by atoms with van der Waals surface area (Å²) in [5.41, 5.74) is 6.55. The van der Waals surface area contributed by atoms with Crippen molar-refractivity contribution in [2.45, 2.75) is 11.9 Å². The van der Waals surface area contributed by atoms with Crippen molar-refractivity contribution in [2.24, 2.45) is 10.7 Å². The van der Waals surface area contributed by atoms with Gasteiger partial charge in [-0.3, -0.25) is 4.79 Å². The van der Waals surface area contributed by atoms with E-state index in [9.17, 15) is 9.18 Å². The number of benzene rings is 1. The van der Waals surface area contributed by atoms with Gasteiger partial charge in [0.25, 0.3) is 0 Å². The first-order valence-electron chi connectivity index (χ1n) is 5.71. The molecule has 0 aliphatic heterocycles. The molecule has 110 valence electrons. The molecule has 9 heteroatoms. The van der Waals surface area contributed by atoms with Gasteiger partial charge in [0.05, 0.1) is 15.9 Å². The molecule has 0 saturated heterocycles. The highest BCUT2D eigenvalue weighted by atomic mass is 79.9. The van der Waals surface area contributed by atoms with Crippen LogP contribution in [0.5, 0.6) is 0 Å². The average Bonchev–Trinajstić information content (AvgIpc) is 2.89. The van der Waals surface area contributed by atoms with Crippen molar-refractivity contribution in [3.05, 3.63) is 34.2 Å². The van der Waals surface area contributed by atoms with E-state index in [0.717, 1.165) is 11.8 Å². The second kappa shape index (κ2) is 6.81. The fourth-order valence-electron chi connectivity index (χ4n) is 1.35. The third-order valence-corrected chi connectivity index (χ3v) is 3.97. The first-order chi connectivity index (χ1) is 9.97. The van der Waals surface area contributed by atoms with E-state index in [-0.39, 0.29) is 27.5 Å². The van der Waals surface area contributed by atoms with E-state index in [0.29, 0.717) is 10.7 Å². The third kappa shape index (κ3) is 4.11. The van der Waals surface area contributed by atoms with Gasteiger partial charge >= 0.3 is 0 Å². The maximum Gasteiger partial charge on any atom is 0.183 e. The van der Waals surface area contributed by atoms with Crippen LogP contribution in [0.2, 0.25) is 0 Å². The Hall–Kier alpha value is -1.74. The molecule has 0 saturated carbocycles. The Balaban J connectivity index is 2.24. The standard InChI is InChI=1S/C12H10BrFN4O2S/c1-6(19)5-21-12-10(17-20-18-12)11(15)16-7-2-3-9(14)8(13)4-7/h2-4H,5H2,1H3,(H2,15,16). The first-order valence-corrected chi connectivity index (χ1v) is 7.49. The highest BCUT2D eigenvalue weighted by Gasteiger charge is 2.15. The largest absolute Gasteiger partial charge is 0.382 e. The highest BCUT2D eigenvalue weighted by molar-refractivity contribution is 9.10. The first kappa shape index (κ1) is 15.6. The Morgan fingerprint density at radius 1 is 1.52 bits per heavy atom. The molecular formula is C12H10BrFN4O2S. The second-order valence-corrected chi connectivity index (χ2v) is 5.82. The van der Waals surface area contributed by atoms with Gasteiger partial charge < -0.3 is 5.73 Å². The maximum atomic E-state index is 13.2. The van der Waals surface area contributed by atoms with Crippen molar-refractivity contribution in [3.8, 4) is 0 Å². The SMILES string of the molecule is CC(=O)CSc1nonc1C(N)=Nc1ccc(F)c(Br)c1. The Morgan fingerprint density at radius 2 is 2.29 bits per heavy atom. The van der Waals surface area contributed by atoms with Crippen LogP contribution in [-0.2, 0) is 4.79 Å². The van der Waals surface area contributed by atoms with Gasteiger partial charge in [0.1, 0.15) is 11.6 Å². The lowest BCUT2D eigenvalue weighted by Gasteiger charge is -2.00. The predicted molar refractivity (Wildman–Crippen MR) is 80.2 cm³/mol. The lowest BCUT2D eigenvalue weighted by Crippen LogP contribution is -2.14. The van der Waals surface area contributed by atoms with Crippen LogP contribution in [0.1, 0.15) is 12.6 Å². The predicted octanol–water partition coefficient (Wildman–Crippen LogP) is 2.69. The quantitative estimate of drug-likeness (QED) is 0.492. The highest BCUT2D eigenvalue weighted by Crippen LogP contribution is 2.24. The molecule has 21 heavy (non-hydrogen) atoms. The lowest BCUT2D eigenvalue weighted by atomic mass is 10.3. The van der Waals surface area contributed by atoms with Gasteiger partial charge in [-0.25, -0.2) is 14.0 Å². The molecule has 2 N–H and O–H groups in total. The van der Waals surface area contributed by atoms with E-state index in [1.54, 1.807) is 0 Å². The average molecular weight is 373 g/mol. The summed E-state index contributed by atoms with van der Waals surface area (Å²) in [6.07, 6.45) is 0. The molecule has 2 aromatic rings. The summed E-state index contributed by atoms with van der Waals surface area (Å²) in [6.45, 7) is 1.47. The van der Waals surface area contributed by atoms with Gasteiger partial charge in [-0.1, -0.05) is 11.8 Å². The number of halogens is 2. The molecule has 1 aromatic heterocycles. The van der Waals surface area contributed by atoms with Crippen molar-refractivity contribution >= 4 is 45.0 Å². The van der Waals surface area contributed by atoms with E-state index in [1.807, 2.05) is 0 Å². The third-order valence-electron chi connectivity index (χ3n) is 2.27. The van der Waals surface area contributed by atoms with E-state index < -0.39 is 5.82 Å². The molecule has 0 aliphatic carbocycles. The molecule has 0 fully saturated rings. The monoisotopic (exact) mass is 372 g/mol. The van der Waals surface area contributed by atoms with E-state index >= 15 is 0 Å². The summed E-state index contributed by atoms with van der Waals surface area (Å²) in [5.74, 6) is -0.0996. The zero-order chi connectivity index (χ0) is 15.4. The lowest BCUT2D eigenvalue weighted by molar-refractivity contribution is -0.114. The van der Waals surface area contributed by atoms with Crippen molar-refractivity contribution in [2.75, 3.05) is 5.75 Å². The number of nitrogens with two attached hydrogens (primary N) is 1. The fourth-order valence-corrected chi connectivity index (χ4v) is 2.42. The molecular weight excluding hydrogens is 363 g/mol. The molecule has 0 radical (unpaired) electrons. The van der Waals surface area contributed by atoms with Gasteiger partial charge in [-0.15, -0.1) is 0 Å². The van der Waals surface area contributed by atoms with Gasteiger partial charge in [0, 0.05) is 0 Å². The zero-order valence-corrected chi connectivity index (χ0v) is 13.2. The number of hydrogen-bond acceptors (Lipinski definition) is 6. The molecule has 2 rings (SSSR count). The number of rotatable bonds is 5. The number of ketones is 1. The van der Waals surface area contributed by atoms with E-state index in [2.05, 4.69) is 35.9 Å². The minimum absolute atomic E-state index is 0.00748.